The molecule has 2 heterocycles. The molecule has 6 nitrogen and oxygen atoms in total. The molecule has 0 aromatic carbocycles. The molecule has 0 fully saturated rings. The van der Waals surface area contributed by atoms with Gasteiger partial charge in [0.1, 0.15) is 5.52 Å². The fourth-order valence-corrected chi connectivity index (χ4v) is 1.85. The van der Waals surface area contributed by atoms with Crippen molar-refractivity contribution >= 4 is 38.7 Å². The molecule has 0 spiro atoms. The average Bonchev–Trinajstić information content (AvgIpc) is 2.34. The van der Waals surface area contributed by atoms with Crippen LogP contribution < -0.4 is 16.4 Å². The maximum absolute atomic E-state index is 10.5. The summed E-state index contributed by atoms with van der Waals surface area (Å²) in [5.74, 6) is 0. The van der Waals surface area contributed by atoms with Crippen LogP contribution in [-0.4, -0.2) is 29.1 Å². The van der Waals surface area contributed by atoms with Gasteiger partial charge in [-0.1, -0.05) is 0 Å². The van der Waals surface area contributed by atoms with Crippen molar-refractivity contribution in [1.29, 1.82) is 0 Å². The summed E-state index contributed by atoms with van der Waals surface area (Å²) in [7, 11) is 0. The monoisotopic (exact) mass is 309 g/mol. The zero-order chi connectivity index (χ0) is 13.0. The van der Waals surface area contributed by atoms with E-state index < -0.39 is 6.03 Å². The van der Waals surface area contributed by atoms with Crippen LogP contribution in [0.1, 0.15) is 0 Å². The summed E-state index contributed by atoms with van der Waals surface area (Å²) in [6.45, 7) is 1.02. The minimum absolute atomic E-state index is 0.454. The van der Waals surface area contributed by atoms with Crippen molar-refractivity contribution in [3.05, 3.63) is 29.0 Å². The summed E-state index contributed by atoms with van der Waals surface area (Å²) in [5.41, 5.74) is 7.44. The molecule has 94 valence electrons. The smallest absolute Gasteiger partial charge is 0.312 e. The lowest BCUT2D eigenvalue weighted by Crippen LogP contribution is -2.33. The summed E-state index contributed by atoms with van der Waals surface area (Å²) < 4.78 is 0.884. The second kappa shape index (κ2) is 5.63. The Morgan fingerprint density at radius 2 is 2.22 bits per heavy atom. The molecule has 2 aromatic heterocycles. The zero-order valence-corrected chi connectivity index (χ0v) is 11.1. The number of pyridine rings is 2. The molecule has 0 saturated heterocycles. The summed E-state index contributed by atoms with van der Waals surface area (Å²) in [6.07, 6.45) is 3.43. The van der Waals surface area contributed by atoms with Crippen LogP contribution in [0.2, 0.25) is 0 Å². The highest BCUT2D eigenvalue weighted by atomic mass is 79.9. The number of aromatic nitrogens is 2. The molecular formula is C11H12BrN5O. The Morgan fingerprint density at radius 3 is 3.00 bits per heavy atom. The standard InChI is InChI=1S/C11H12BrN5O/c12-7-5-9-10(17-6-7)8(1-2-14-9)15-3-4-16-11(13)18/h1-2,5-6H,3-4H2,(H,14,15)(H3,13,16,18). The molecule has 0 aliphatic rings. The zero-order valence-electron chi connectivity index (χ0n) is 9.48. The van der Waals surface area contributed by atoms with Crippen LogP contribution in [0.5, 0.6) is 0 Å². The molecule has 0 unspecified atom stereocenters. The highest BCUT2D eigenvalue weighted by molar-refractivity contribution is 9.10. The highest BCUT2D eigenvalue weighted by Gasteiger charge is 2.03. The van der Waals surface area contributed by atoms with Gasteiger partial charge in [0.05, 0.1) is 11.2 Å². The molecule has 0 atom stereocenters. The van der Waals surface area contributed by atoms with Gasteiger partial charge in [-0.3, -0.25) is 9.97 Å². The van der Waals surface area contributed by atoms with Crippen molar-refractivity contribution in [2.24, 2.45) is 5.73 Å². The number of amides is 2. The van der Waals surface area contributed by atoms with Crippen LogP contribution in [-0.2, 0) is 0 Å². The van der Waals surface area contributed by atoms with Crippen LogP contribution in [0, 0.1) is 0 Å². The predicted molar refractivity (Wildman–Crippen MR) is 73.3 cm³/mol. The lowest BCUT2D eigenvalue weighted by atomic mass is 10.3. The molecule has 7 heteroatoms. The molecule has 0 radical (unpaired) electrons. The Balaban J connectivity index is 2.11. The number of primary amides is 1. The molecular weight excluding hydrogens is 298 g/mol. The van der Waals surface area contributed by atoms with Gasteiger partial charge in [-0.2, -0.15) is 0 Å². The van der Waals surface area contributed by atoms with Crippen LogP contribution in [0.3, 0.4) is 0 Å². The number of fused-ring (bicyclic) bond motifs is 1. The van der Waals surface area contributed by atoms with Gasteiger partial charge in [0.25, 0.3) is 0 Å². The van der Waals surface area contributed by atoms with E-state index in [2.05, 4.69) is 36.5 Å². The van der Waals surface area contributed by atoms with E-state index in [-0.39, 0.29) is 0 Å². The number of urea groups is 1. The topological polar surface area (TPSA) is 92.9 Å². The minimum atomic E-state index is -0.529. The van der Waals surface area contributed by atoms with Crippen molar-refractivity contribution < 1.29 is 4.79 Å². The second-order valence-electron chi connectivity index (χ2n) is 3.60. The van der Waals surface area contributed by atoms with E-state index in [1.165, 1.54) is 0 Å². The van der Waals surface area contributed by atoms with Crippen molar-refractivity contribution in [3.8, 4) is 0 Å². The molecule has 0 saturated carbocycles. The van der Waals surface area contributed by atoms with Gasteiger partial charge in [-0.25, -0.2) is 4.79 Å². The number of rotatable bonds is 4. The third-order valence-electron chi connectivity index (χ3n) is 2.28. The normalized spacial score (nSPS) is 10.3. The van der Waals surface area contributed by atoms with E-state index in [4.69, 9.17) is 5.73 Å². The average molecular weight is 310 g/mol. The Hall–Kier alpha value is -1.89. The molecule has 4 N–H and O–H groups in total. The van der Waals surface area contributed by atoms with E-state index in [1.807, 2.05) is 12.1 Å². The first kappa shape index (κ1) is 12.6. The second-order valence-corrected chi connectivity index (χ2v) is 4.51. The van der Waals surface area contributed by atoms with Gasteiger partial charge >= 0.3 is 6.03 Å². The van der Waals surface area contributed by atoms with Gasteiger partial charge in [-0.15, -0.1) is 0 Å². The maximum Gasteiger partial charge on any atom is 0.312 e. The van der Waals surface area contributed by atoms with Gasteiger partial charge in [0, 0.05) is 30.0 Å². The number of nitrogens with zero attached hydrogens (tertiary/aromatic N) is 2. The Morgan fingerprint density at radius 1 is 1.39 bits per heavy atom. The number of halogens is 1. The van der Waals surface area contributed by atoms with Gasteiger partial charge in [0.15, 0.2) is 0 Å². The van der Waals surface area contributed by atoms with Crippen molar-refractivity contribution in [2.45, 2.75) is 0 Å². The Kier molecular flexibility index (Phi) is 3.93. The predicted octanol–water partition coefficient (Wildman–Crippen LogP) is 1.47. The van der Waals surface area contributed by atoms with Gasteiger partial charge in [0.2, 0.25) is 0 Å². The van der Waals surface area contributed by atoms with Crippen LogP contribution in [0.4, 0.5) is 10.5 Å². The van der Waals surface area contributed by atoms with E-state index in [9.17, 15) is 4.79 Å². The quantitative estimate of drug-likeness (QED) is 0.746. The lowest BCUT2D eigenvalue weighted by Gasteiger charge is -2.08. The third kappa shape index (κ3) is 3.07. The number of carbonyl (C=O) groups excluding carboxylic acids is 1. The number of nitrogens with one attached hydrogen (secondary N) is 2. The first-order valence-corrected chi connectivity index (χ1v) is 6.13. The first-order chi connectivity index (χ1) is 8.66. The number of nitrogens with two attached hydrogens (primary N) is 1. The summed E-state index contributed by atoms with van der Waals surface area (Å²) in [4.78, 5) is 19.1. The third-order valence-corrected chi connectivity index (χ3v) is 2.72. The molecule has 2 aromatic rings. The fraction of sp³-hybridized carbons (Fsp3) is 0.182. The van der Waals surface area contributed by atoms with Crippen molar-refractivity contribution in [2.75, 3.05) is 18.4 Å². The molecule has 0 bridgehead atoms. The number of carbonyl (C=O) groups is 1. The largest absolute Gasteiger partial charge is 0.381 e. The number of anilines is 1. The Bertz CT molecular complexity index is 574. The molecule has 0 aliphatic carbocycles. The summed E-state index contributed by atoms with van der Waals surface area (Å²) in [6, 6.07) is 3.21. The number of hydrogen-bond donors (Lipinski definition) is 3. The number of hydrogen-bond acceptors (Lipinski definition) is 4. The van der Waals surface area contributed by atoms with E-state index in [1.54, 1.807) is 12.4 Å². The highest BCUT2D eigenvalue weighted by Crippen LogP contribution is 2.21. The van der Waals surface area contributed by atoms with E-state index >= 15 is 0 Å². The van der Waals surface area contributed by atoms with E-state index in [0.29, 0.717) is 13.1 Å². The van der Waals surface area contributed by atoms with Crippen LogP contribution in [0.25, 0.3) is 11.0 Å². The molecule has 0 aliphatic heterocycles. The fourth-order valence-electron chi connectivity index (χ4n) is 1.53. The van der Waals surface area contributed by atoms with Gasteiger partial charge in [-0.05, 0) is 28.1 Å². The van der Waals surface area contributed by atoms with Crippen LogP contribution >= 0.6 is 15.9 Å². The summed E-state index contributed by atoms with van der Waals surface area (Å²) in [5, 5.41) is 5.68. The van der Waals surface area contributed by atoms with Crippen molar-refractivity contribution in [1.82, 2.24) is 15.3 Å². The first-order valence-electron chi connectivity index (χ1n) is 5.34. The molecule has 2 amide bonds. The molecule has 18 heavy (non-hydrogen) atoms. The van der Waals surface area contributed by atoms with Crippen molar-refractivity contribution in [3.63, 3.8) is 0 Å². The minimum Gasteiger partial charge on any atom is -0.381 e. The Labute approximate surface area is 112 Å². The summed E-state index contributed by atoms with van der Waals surface area (Å²) >= 11 is 3.35. The molecule has 2 rings (SSSR count). The SMILES string of the molecule is NC(=O)NCCNc1ccnc2cc(Br)cnc12. The van der Waals surface area contributed by atoms with Crippen LogP contribution in [0.15, 0.2) is 29.0 Å². The van der Waals surface area contributed by atoms with E-state index in [0.717, 1.165) is 21.2 Å². The lowest BCUT2D eigenvalue weighted by molar-refractivity contribution is 0.249. The maximum atomic E-state index is 10.5. The van der Waals surface area contributed by atoms with Gasteiger partial charge < -0.3 is 16.4 Å².